The van der Waals surface area contributed by atoms with E-state index < -0.39 is 5.60 Å². The van der Waals surface area contributed by atoms with Gasteiger partial charge in [-0.25, -0.2) is 0 Å². The summed E-state index contributed by atoms with van der Waals surface area (Å²) in [7, 11) is 1.64. The number of anilines is 1. The Morgan fingerprint density at radius 2 is 2.15 bits per heavy atom. The molecular weight excluding hydrogens is 276 g/mol. The van der Waals surface area contributed by atoms with Crippen molar-refractivity contribution >= 4 is 23.2 Å². The van der Waals surface area contributed by atoms with Gasteiger partial charge in [0.15, 0.2) is 0 Å². The maximum absolute atomic E-state index is 13.0. The van der Waals surface area contributed by atoms with Crippen LogP contribution >= 0.6 is 11.6 Å². The first-order valence-corrected chi connectivity index (χ1v) is 7.40. The predicted octanol–water partition coefficient (Wildman–Crippen LogP) is 2.00. The number of hydrogen-bond donors (Lipinski definition) is 1. The third-order valence-electron chi connectivity index (χ3n) is 4.38. The topological polar surface area (TPSA) is 41.6 Å². The van der Waals surface area contributed by atoms with Crippen LogP contribution in [0.4, 0.5) is 5.69 Å². The van der Waals surface area contributed by atoms with Gasteiger partial charge in [0.2, 0.25) is 0 Å². The van der Waals surface area contributed by atoms with E-state index in [4.69, 9.17) is 16.3 Å². The Kier molecular flexibility index (Phi) is 3.71. The number of piperidine rings is 1. The summed E-state index contributed by atoms with van der Waals surface area (Å²) in [6.45, 7) is 2.35. The Morgan fingerprint density at radius 3 is 2.85 bits per heavy atom. The van der Waals surface area contributed by atoms with Crippen LogP contribution in [0.25, 0.3) is 0 Å². The zero-order valence-corrected chi connectivity index (χ0v) is 12.4. The molecule has 0 spiro atoms. The minimum Gasteiger partial charge on any atom is -0.368 e. The van der Waals surface area contributed by atoms with Crippen molar-refractivity contribution in [2.24, 2.45) is 0 Å². The molecule has 1 N–H and O–H groups in total. The smallest absolute Gasteiger partial charge is 0.259 e. The van der Waals surface area contributed by atoms with Gasteiger partial charge in [0.05, 0.1) is 0 Å². The van der Waals surface area contributed by atoms with Crippen molar-refractivity contribution in [3.63, 3.8) is 0 Å². The predicted molar refractivity (Wildman–Crippen MR) is 79.4 cm³/mol. The third-order valence-corrected chi connectivity index (χ3v) is 4.61. The van der Waals surface area contributed by atoms with Gasteiger partial charge in [0.1, 0.15) is 5.60 Å². The molecule has 4 nitrogen and oxygen atoms in total. The summed E-state index contributed by atoms with van der Waals surface area (Å²) >= 11 is 6.07. The number of carbonyl (C=O) groups is 1. The third kappa shape index (κ3) is 2.22. The first-order chi connectivity index (χ1) is 9.66. The summed E-state index contributed by atoms with van der Waals surface area (Å²) in [5, 5.41) is 3.94. The largest absolute Gasteiger partial charge is 0.368 e. The SMILES string of the molecule is COC1(C(=O)N2CCc3ccc(Cl)cc32)CCNCC1. The van der Waals surface area contributed by atoms with Crippen LogP contribution in [0, 0.1) is 0 Å². The number of methoxy groups -OCH3 is 1. The Hall–Kier alpha value is -1.10. The lowest BCUT2D eigenvalue weighted by Gasteiger charge is -2.37. The van der Waals surface area contributed by atoms with E-state index >= 15 is 0 Å². The maximum atomic E-state index is 13.0. The fraction of sp³-hybridized carbons (Fsp3) is 0.533. The van der Waals surface area contributed by atoms with E-state index in [-0.39, 0.29) is 5.91 Å². The zero-order valence-electron chi connectivity index (χ0n) is 11.6. The number of benzene rings is 1. The Labute approximate surface area is 124 Å². The molecule has 3 rings (SSSR count). The number of halogens is 1. The Bertz CT molecular complexity index is 527. The summed E-state index contributed by atoms with van der Waals surface area (Å²) in [5.41, 5.74) is 1.44. The lowest BCUT2D eigenvalue weighted by molar-refractivity contribution is -0.143. The van der Waals surface area contributed by atoms with Crippen LogP contribution in [0.1, 0.15) is 18.4 Å². The van der Waals surface area contributed by atoms with E-state index in [1.807, 2.05) is 23.1 Å². The van der Waals surface area contributed by atoms with Crippen LogP contribution in [-0.4, -0.2) is 38.3 Å². The van der Waals surface area contributed by atoms with Crippen molar-refractivity contribution in [2.75, 3.05) is 31.6 Å². The van der Waals surface area contributed by atoms with Gasteiger partial charge in [-0.3, -0.25) is 4.79 Å². The minimum absolute atomic E-state index is 0.0718. The molecule has 2 aliphatic rings. The molecule has 0 saturated carbocycles. The first-order valence-electron chi connectivity index (χ1n) is 7.02. The summed E-state index contributed by atoms with van der Waals surface area (Å²) in [4.78, 5) is 14.8. The van der Waals surface area contributed by atoms with Crippen molar-refractivity contribution in [3.8, 4) is 0 Å². The van der Waals surface area contributed by atoms with Gasteiger partial charge in [-0.2, -0.15) is 0 Å². The van der Waals surface area contributed by atoms with E-state index in [9.17, 15) is 4.79 Å². The lowest BCUT2D eigenvalue weighted by atomic mass is 9.90. The number of hydrogen-bond acceptors (Lipinski definition) is 3. The number of ether oxygens (including phenoxy) is 1. The van der Waals surface area contributed by atoms with Crippen molar-refractivity contribution < 1.29 is 9.53 Å². The first kappa shape index (κ1) is 13.9. The summed E-state index contributed by atoms with van der Waals surface area (Å²) in [6.07, 6.45) is 2.32. The van der Waals surface area contributed by atoms with Gasteiger partial charge < -0.3 is 15.0 Å². The van der Waals surface area contributed by atoms with E-state index in [1.54, 1.807) is 7.11 Å². The summed E-state index contributed by atoms with van der Waals surface area (Å²) in [5.74, 6) is 0.0718. The highest BCUT2D eigenvalue weighted by Gasteiger charge is 2.44. The second-order valence-corrected chi connectivity index (χ2v) is 5.86. The number of amides is 1. The van der Waals surface area contributed by atoms with E-state index in [0.717, 1.165) is 25.2 Å². The van der Waals surface area contributed by atoms with Crippen molar-refractivity contribution in [3.05, 3.63) is 28.8 Å². The molecule has 0 aliphatic carbocycles. The highest BCUT2D eigenvalue weighted by molar-refractivity contribution is 6.31. The van der Waals surface area contributed by atoms with Gasteiger partial charge in [-0.15, -0.1) is 0 Å². The van der Waals surface area contributed by atoms with Crippen molar-refractivity contribution in [2.45, 2.75) is 24.9 Å². The molecule has 0 bridgehead atoms. The molecule has 0 unspecified atom stereocenters. The van der Waals surface area contributed by atoms with Gasteiger partial charge >= 0.3 is 0 Å². The number of nitrogens with zero attached hydrogens (tertiary/aromatic N) is 1. The molecule has 0 atom stereocenters. The molecule has 2 aliphatic heterocycles. The second-order valence-electron chi connectivity index (χ2n) is 5.43. The van der Waals surface area contributed by atoms with Gasteiger partial charge in [0, 0.05) is 24.4 Å². The minimum atomic E-state index is -0.685. The lowest BCUT2D eigenvalue weighted by Crippen LogP contribution is -2.55. The van der Waals surface area contributed by atoms with Crippen LogP contribution in [0.3, 0.4) is 0 Å². The van der Waals surface area contributed by atoms with Gasteiger partial charge in [-0.1, -0.05) is 17.7 Å². The summed E-state index contributed by atoms with van der Waals surface area (Å²) in [6, 6.07) is 5.77. The average Bonchev–Trinajstić information content (AvgIpc) is 2.90. The molecule has 20 heavy (non-hydrogen) atoms. The highest BCUT2D eigenvalue weighted by atomic mass is 35.5. The molecule has 5 heteroatoms. The molecule has 1 aromatic carbocycles. The van der Waals surface area contributed by atoms with Crippen LogP contribution in [0.15, 0.2) is 18.2 Å². The molecule has 108 valence electrons. The Morgan fingerprint density at radius 1 is 1.40 bits per heavy atom. The quantitative estimate of drug-likeness (QED) is 0.907. The standard InChI is InChI=1S/C15H19ClN2O2/c1-20-15(5-7-17-8-6-15)14(19)18-9-4-11-2-3-12(16)10-13(11)18/h2-3,10,17H,4-9H2,1H3. The number of nitrogens with one attached hydrogen (secondary N) is 1. The maximum Gasteiger partial charge on any atom is 0.259 e. The van der Waals surface area contributed by atoms with E-state index in [0.29, 0.717) is 24.4 Å². The fourth-order valence-electron chi connectivity index (χ4n) is 3.15. The molecule has 1 fully saturated rings. The van der Waals surface area contributed by atoms with Gasteiger partial charge in [0.25, 0.3) is 5.91 Å². The van der Waals surface area contributed by atoms with Gasteiger partial charge in [-0.05, 0) is 50.0 Å². The normalized spacial score (nSPS) is 20.8. The number of carbonyl (C=O) groups excluding carboxylic acids is 1. The summed E-state index contributed by atoms with van der Waals surface area (Å²) < 4.78 is 5.63. The Balaban J connectivity index is 1.90. The van der Waals surface area contributed by atoms with Crippen LogP contribution in [0.5, 0.6) is 0 Å². The number of fused-ring (bicyclic) bond motifs is 1. The molecule has 2 heterocycles. The molecule has 1 aromatic rings. The second kappa shape index (κ2) is 5.35. The highest BCUT2D eigenvalue weighted by Crippen LogP contribution is 2.35. The fourth-order valence-corrected chi connectivity index (χ4v) is 3.31. The molecule has 1 saturated heterocycles. The molecule has 0 radical (unpaired) electrons. The molecule has 1 amide bonds. The van der Waals surface area contributed by atoms with E-state index in [1.165, 1.54) is 5.56 Å². The zero-order chi connectivity index (χ0) is 14.2. The number of rotatable bonds is 2. The average molecular weight is 295 g/mol. The van der Waals surface area contributed by atoms with Crippen molar-refractivity contribution in [1.82, 2.24) is 5.32 Å². The molecular formula is C15H19ClN2O2. The van der Waals surface area contributed by atoms with Crippen LogP contribution in [0.2, 0.25) is 5.02 Å². The van der Waals surface area contributed by atoms with Crippen molar-refractivity contribution in [1.29, 1.82) is 0 Å². The molecule has 0 aromatic heterocycles. The van der Waals surface area contributed by atoms with Crippen LogP contribution in [-0.2, 0) is 16.0 Å². The van der Waals surface area contributed by atoms with E-state index in [2.05, 4.69) is 5.32 Å². The monoisotopic (exact) mass is 294 g/mol. The van der Waals surface area contributed by atoms with Crippen LogP contribution < -0.4 is 10.2 Å².